The van der Waals surface area contributed by atoms with Crippen LogP contribution in [-0.2, 0) is 26.2 Å². The van der Waals surface area contributed by atoms with Gasteiger partial charge in [-0.1, -0.05) is 47.5 Å². The molecule has 0 saturated carbocycles. The Labute approximate surface area is 185 Å². The van der Waals surface area contributed by atoms with Gasteiger partial charge in [-0.05, 0) is 45.4 Å². The van der Waals surface area contributed by atoms with Gasteiger partial charge in [-0.2, -0.15) is 4.31 Å². The molecule has 0 saturated heterocycles. The van der Waals surface area contributed by atoms with E-state index in [1.54, 1.807) is 26.0 Å². The van der Waals surface area contributed by atoms with Crippen molar-refractivity contribution in [2.75, 3.05) is 20.1 Å². The Hall–Kier alpha value is -2.71. The molecule has 0 heterocycles. The lowest BCUT2D eigenvalue weighted by molar-refractivity contribution is -0.140. The van der Waals surface area contributed by atoms with Gasteiger partial charge in [0.05, 0.1) is 11.4 Å². The fourth-order valence-electron chi connectivity index (χ4n) is 3.17. The fraction of sp³-hybridized carbons (Fsp3) is 0.391. The Kier molecular flexibility index (Phi) is 8.36. The van der Waals surface area contributed by atoms with Crippen molar-refractivity contribution in [3.63, 3.8) is 0 Å². The Balaban J connectivity index is 2.26. The van der Waals surface area contributed by atoms with Crippen LogP contribution in [-0.4, -0.2) is 55.6 Å². The van der Waals surface area contributed by atoms with E-state index in [2.05, 4.69) is 5.32 Å². The van der Waals surface area contributed by atoms with E-state index in [1.807, 2.05) is 38.1 Å². The summed E-state index contributed by atoms with van der Waals surface area (Å²) in [5.41, 5.74) is 2.85. The summed E-state index contributed by atoms with van der Waals surface area (Å²) < 4.78 is 26.8. The molecule has 0 aromatic heterocycles. The quantitative estimate of drug-likeness (QED) is 0.642. The highest BCUT2D eigenvalue weighted by Gasteiger charge is 2.30. The number of carbonyl (C=O) groups is 2. The van der Waals surface area contributed by atoms with E-state index in [0.717, 1.165) is 21.0 Å². The zero-order chi connectivity index (χ0) is 23.2. The number of nitrogens with zero attached hydrogens (tertiary/aromatic N) is 2. The van der Waals surface area contributed by atoms with Gasteiger partial charge in [0, 0.05) is 20.1 Å². The number of nitrogens with one attached hydrogen (secondary N) is 1. The minimum atomic E-state index is -3.83. The Morgan fingerprint density at radius 1 is 1.03 bits per heavy atom. The predicted octanol–water partition coefficient (Wildman–Crippen LogP) is 2.48. The van der Waals surface area contributed by atoms with Gasteiger partial charge in [0.25, 0.3) is 0 Å². The van der Waals surface area contributed by atoms with Crippen LogP contribution in [0.3, 0.4) is 0 Å². The van der Waals surface area contributed by atoms with Crippen molar-refractivity contribution < 1.29 is 18.0 Å². The number of amides is 2. The van der Waals surface area contributed by atoms with Crippen LogP contribution in [0.5, 0.6) is 0 Å². The van der Waals surface area contributed by atoms with Gasteiger partial charge < -0.3 is 10.2 Å². The zero-order valence-corrected chi connectivity index (χ0v) is 19.6. The average Bonchev–Trinajstić information content (AvgIpc) is 2.72. The first kappa shape index (κ1) is 24.6. The van der Waals surface area contributed by atoms with Gasteiger partial charge in [0.15, 0.2) is 0 Å². The number of likely N-dealkylation sites (N-methyl/N-ethyl adjacent to an activating group) is 2. The van der Waals surface area contributed by atoms with Crippen LogP contribution < -0.4 is 5.32 Å². The molecule has 1 atom stereocenters. The molecule has 168 valence electrons. The lowest BCUT2D eigenvalue weighted by atomic mass is 10.1. The normalized spacial score (nSPS) is 12.5. The van der Waals surface area contributed by atoms with Crippen LogP contribution in [0.15, 0.2) is 53.4 Å². The molecule has 1 unspecified atom stereocenters. The molecule has 8 heteroatoms. The fourth-order valence-corrected chi connectivity index (χ4v) is 4.29. The number of hydrogen-bond donors (Lipinski definition) is 1. The number of benzene rings is 2. The van der Waals surface area contributed by atoms with Crippen molar-refractivity contribution in [3.8, 4) is 0 Å². The maximum Gasteiger partial charge on any atom is 0.243 e. The molecule has 2 aromatic rings. The molecule has 0 aliphatic carbocycles. The predicted molar refractivity (Wildman–Crippen MR) is 121 cm³/mol. The second-order valence-corrected chi connectivity index (χ2v) is 9.70. The summed E-state index contributed by atoms with van der Waals surface area (Å²) in [6.07, 6.45) is 0. The SMILES string of the molecule is CCNC(=O)C(C)N(Cc1cccc(C)c1)C(=O)CN(C)S(=O)(=O)c1ccc(C)cc1. The lowest BCUT2D eigenvalue weighted by Crippen LogP contribution is -2.50. The molecule has 0 aliphatic heterocycles. The molecule has 2 aromatic carbocycles. The molecule has 2 rings (SSSR count). The van der Waals surface area contributed by atoms with Crippen LogP contribution in [0, 0.1) is 13.8 Å². The van der Waals surface area contributed by atoms with Crippen molar-refractivity contribution in [1.82, 2.24) is 14.5 Å². The van der Waals surface area contributed by atoms with E-state index in [9.17, 15) is 18.0 Å². The van der Waals surface area contributed by atoms with Crippen molar-refractivity contribution in [2.24, 2.45) is 0 Å². The van der Waals surface area contributed by atoms with E-state index >= 15 is 0 Å². The third-order valence-corrected chi connectivity index (χ3v) is 6.86. The number of aryl methyl sites for hydroxylation is 2. The first-order valence-electron chi connectivity index (χ1n) is 10.2. The van der Waals surface area contributed by atoms with Gasteiger partial charge >= 0.3 is 0 Å². The third kappa shape index (κ3) is 6.38. The van der Waals surface area contributed by atoms with Gasteiger partial charge in [0.2, 0.25) is 21.8 Å². The van der Waals surface area contributed by atoms with Gasteiger partial charge in [-0.3, -0.25) is 9.59 Å². The number of rotatable bonds is 9. The average molecular weight is 446 g/mol. The second kappa shape index (κ2) is 10.5. The van der Waals surface area contributed by atoms with Crippen LogP contribution in [0.25, 0.3) is 0 Å². The highest BCUT2D eigenvalue weighted by Crippen LogP contribution is 2.17. The molecular weight excluding hydrogens is 414 g/mol. The third-order valence-electron chi connectivity index (χ3n) is 5.04. The topological polar surface area (TPSA) is 86.8 Å². The van der Waals surface area contributed by atoms with E-state index in [1.165, 1.54) is 24.1 Å². The number of hydrogen-bond acceptors (Lipinski definition) is 4. The summed E-state index contributed by atoms with van der Waals surface area (Å²) in [5, 5.41) is 2.73. The van der Waals surface area contributed by atoms with Crippen LogP contribution >= 0.6 is 0 Å². The van der Waals surface area contributed by atoms with Crippen LogP contribution in [0.4, 0.5) is 0 Å². The largest absolute Gasteiger partial charge is 0.355 e. The summed E-state index contributed by atoms with van der Waals surface area (Å²) in [6.45, 7) is 7.55. The standard InChI is InChI=1S/C23H31N3O4S/c1-6-24-23(28)19(4)26(15-20-9-7-8-18(3)14-20)22(27)16-25(5)31(29,30)21-12-10-17(2)11-13-21/h7-14,19H,6,15-16H2,1-5H3,(H,24,28). The van der Waals surface area contributed by atoms with Crippen molar-refractivity contribution in [1.29, 1.82) is 0 Å². The summed E-state index contributed by atoms with van der Waals surface area (Å²) in [4.78, 5) is 27.1. The molecule has 31 heavy (non-hydrogen) atoms. The van der Waals surface area contributed by atoms with Crippen molar-refractivity contribution in [3.05, 3.63) is 65.2 Å². The smallest absolute Gasteiger partial charge is 0.243 e. The van der Waals surface area contributed by atoms with E-state index in [4.69, 9.17) is 0 Å². The first-order chi connectivity index (χ1) is 14.6. The Bertz CT molecular complexity index is 1020. The molecule has 0 radical (unpaired) electrons. The first-order valence-corrected chi connectivity index (χ1v) is 11.7. The molecule has 0 fully saturated rings. The van der Waals surface area contributed by atoms with E-state index < -0.39 is 22.0 Å². The summed E-state index contributed by atoms with van der Waals surface area (Å²) in [7, 11) is -2.47. The molecule has 0 bridgehead atoms. The van der Waals surface area contributed by atoms with Gasteiger partial charge in [-0.15, -0.1) is 0 Å². The number of carbonyl (C=O) groups excluding carboxylic acids is 2. The maximum atomic E-state index is 13.2. The summed E-state index contributed by atoms with van der Waals surface area (Å²) in [6, 6.07) is 13.4. The minimum Gasteiger partial charge on any atom is -0.355 e. The minimum absolute atomic E-state index is 0.121. The monoisotopic (exact) mass is 445 g/mol. The molecule has 0 aliphatic rings. The lowest BCUT2D eigenvalue weighted by Gasteiger charge is -2.30. The number of sulfonamides is 1. The van der Waals surface area contributed by atoms with Crippen LogP contribution in [0.2, 0.25) is 0 Å². The Morgan fingerprint density at radius 3 is 2.26 bits per heavy atom. The highest BCUT2D eigenvalue weighted by molar-refractivity contribution is 7.89. The van der Waals surface area contributed by atoms with E-state index in [-0.39, 0.29) is 23.9 Å². The van der Waals surface area contributed by atoms with Crippen molar-refractivity contribution in [2.45, 2.75) is 45.2 Å². The van der Waals surface area contributed by atoms with Crippen LogP contribution in [0.1, 0.15) is 30.5 Å². The van der Waals surface area contributed by atoms with E-state index in [0.29, 0.717) is 6.54 Å². The highest BCUT2D eigenvalue weighted by atomic mass is 32.2. The van der Waals surface area contributed by atoms with Crippen molar-refractivity contribution >= 4 is 21.8 Å². The molecule has 7 nitrogen and oxygen atoms in total. The molecule has 2 amide bonds. The molecular formula is C23H31N3O4S. The maximum absolute atomic E-state index is 13.2. The van der Waals surface area contributed by atoms with Gasteiger partial charge in [-0.25, -0.2) is 8.42 Å². The zero-order valence-electron chi connectivity index (χ0n) is 18.8. The second-order valence-electron chi connectivity index (χ2n) is 7.66. The Morgan fingerprint density at radius 2 is 1.68 bits per heavy atom. The molecule has 1 N–H and O–H groups in total. The van der Waals surface area contributed by atoms with Gasteiger partial charge in [0.1, 0.15) is 6.04 Å². The molecule has 0 spiro atoms. The summed E-state index contributed by atoms with van der Waals surface area (Å²) >= 11 is 0. The summed E-state index contributed by atoms with van der Waals surface area (Å²) in [5.74, 6) is -0.731.